The maximum atomic E-state index is 5.91. The molecule has 2 aromatic heterocycles. The van der Waals surface area contributed by atoms with Crippen molar-refractivity contribution in [2.45, 2.75) is 40.4 Å². The minimum absolute atomic E-state index is 0.798. The van der Waals surface area contributed by atoms with Crippen LogP contribution in [0, 0.1) is 13.8 Å². The van der Waals surface area contributed by atoms with Crippen molar-refractivity contribution in [1.82, 2.24) is 10.2 Å². The molecule has 2 heterocycles. The van der Waals surface area contributed by atoms with Crippen LogP contribution < -0.4 is 5.32 Å². The predicted octanol–water partition coefficient (Wildman–Crippen LogP) is 3.23. The number of hydrogen-bond donors (Lipinski definition) is 1. The molecule has 110 valence electrons. The molecule has 0 amide bonds. The molecule has 0 aliphatic rings. The second kappa shape index (κ2) is 6.77. The molecule has 0 saturated heterocycles. The summed E-state index contributed by atoms with van der Waals surface area (Å²) in [7, 11) is 2.09. The Morgan fingerprint density at radius 3 is 2.70 bits per heavy atom. The normalized spacial score (nSPS) is 11.4. The van der Waals surface area contributed by atoms with Gasteiger partial charge in [0.1, 0.15) is 17.3 Å². The topological polar surface area (TPSA) is 41.6 Å². The zero-order valence-electron chi connectivity index (χ0n) is 12.8. The van der Waals surface area contributed by atoms with E-state index in [1.165, 1.54) is 11.1 Å². The van der Waals surface area contributed by atoms with Crippen molar-refractivity contribution in [2.75, 3.05) is 13.6 Å². The summed E-state index contributed by atoms with van der Waals surface area (Å²) >= 11 is 0. The first-order chi connectivity index (χ1) is 9.60. The molecule has 4 nitrogen and oxygen atoms in total. The Morgan fingerprint density at radius 1 is 1.25 bits per heavy atom. The highest BCUT2D eigenvalue weighted by molar-refractivity contribution is 5.20. The Bertz CT molecular complexity index is 542. The molecule has 0 aliphatic carbocycles. The Kier molecular flexibility index (Phi) is 5.04. The van der Waals surface area contributed by atoms with Gasteiger partial charge in [-0.05, 0) is 45.1 Å². The largest absolute Gasteiger partial charge is 0.469 e. The fourth-order valence-corrected chi connectivity index (χ4v) is 2.27. The van der Waals surface area contributed by atoms with Crippen LogP contribution in [0.5, 0.6) is 0 Å². The molecule has 4 heteroatoms. The molecule has 2 rings (SSSR count). The van der Waals surface area contributed by atoms with Crippen molar-refractivity contribution in [3.63, 3.8) is 0 Å². The van der Waals surface area contributed by atoms with Crippen LogP contribution in [0.2, 0.25) is 0 Å². The molecule has 0 saturated carbocycles. The quantitative estimate of drug-likeness (QED) is 0.843. The van der Waals surface area contributed by atoms with Crippen LogP contribution in [0.4, 0.5) is 0 Å². The lowest BCUT2D eigenvalue weighted by Gasteiger charge is -2.14. The van der Waals surface area contributed by atoms with Gasteiger partial charge in [0.25, 0.3) is 0 Å². The van der Waals surface area contributed by atoms with Gasteiger partial charge in [-0.15, -0.1) is 0 Å². The number of nitrogens with one attached hydrogen (secondary N) is 1. The minimum Gasteiger partial charge on any atom is -0.469 e. The standard InChI is InChI=1S/C16H24N2O2/c1-5-17-9-16-12(2)8-15(20-16)11-18(4)10-14-6-7-19-13(14)3/h6-8,17H,5,9-11H2,1-4H3. The molecule has 0 aliphatic heterocycles. The van der Waals surface area contributed by atoms with E-state index >= 15 is 0 Å². The molecular weight excluding hydrogens is 252 g/mol. The molecule has 0 spiro atoms. The number of rotatable bonds is 7. The summed E-state index contributed by atoms with van der Waals surface area (Å²) in [5, 5.41) is 3.30. The van der Waals surface area contributed by atoms with Gasteiger partial charge in [-0.25, -0.2) is 0 Å². The van der Waals surface area contributed by atoms with Crippen LogP contribution in [0.25, 0.3) is 0 Å². The summed E-state index contributed by atoms with van der Waals surface area (Å²) in [6, 6.07) is 4.15. The number of hydrogen-bond acceptors (Lipinski definition) is 4. The van der Waals surface area contributed by atoms with Crippen LogP contribution in [0.15, 0.2) is 27.2 Å². The van der Waals surface area contributed by atoms with Crippen molar-refractivity contribution in [2.24, 2.45) is 0 Å². The highest BCUT2D eigenvalue weighted by Gasteiger charge is 2.11. The van der Waals surface area contributed by atoms with Gasteiger partial charge in [0, 0.05) is 12.1 Å². The van der Waals surface area contributed by atoms with Gasteiger partial charge in [0.05, 0.1) is 19.4 Å². The van der Waals surface area contributed by atoms with Gasteiger partial charge in [-0.2, -0.15) is 0 Å². The summed E-state index contributed by atoms with van der Waals surface area (Å²) in [5.41, 5.74) is 2.44. The third-order valence-corrected chi connectivity index (χ3v) is 3.44. The smallest absolute Gasteiger partial charge is 0.120 e. The fraction of sp³-hybridized carbons (Fsp3) is 0.500. The number of nitrogens with zero attached hydrogens (tertiary/aromatic N) is 1. The van der Waals surface area contributed by atoms with E-state index < -0.39 is 0 Å². The van der Waals surface area contributed by atoms with E-state index in [9.17, 15) is 0 Å². The van der Waals surface area contributed by atoms with E-state index in [4.69, 9.17) is 8.83 Å². The van der Waals surface area contributed by atoms with Gasteiger partial charge in [-0.1, -0.05) is 6.92 Å². The minimum atomic E-state index is 0.798. The van der Waals surface area contributed by atoms with Gasteiger partial charge in [0.2, 0.25) is 0 Å². The average molecular weight is 276 g/mol. The van der Waals surface area contributed by atoms with Gasteiger partial charge in [-0.3, -0.25) is 4.90 Å². The van der Waals surface area contributed by atoms with Crippen LogP contribution in [-0.2, 0) is 19.6 Å². The van der Waals surface area contributed by atoms with Crippen molar-refractivity contribution in [3.05, 3.63) is 46.8 Å². The van der Waals surface area contributed by atoms with Crippen LogP contribution in [-0.4, -0.2) is 18.5 Å². The molecular formula is C16H24N2O2. The van der Waals surface area contributed by atoms with E-state index in [1.54, 1.807) is 6.26 Å². The number of aryl methyl sites for hydroxylation is 2. The van der Waals surface area contributed by atoms with Crippen LogP contribution >= 0.6 is 0 Å². The van der Waals surface area contributed by atoms with Crippen LogP contribution in [0.3, 0.4) is 0 Å². The van der Waals surface area contributed by atoms with E-state index in [0.717, 1.165) is 43.5 Å². The van der Waals surface area contributed by atoms with E-state index in [2.05, 4.69) is 37.2 Å². The lowest BCUT2D eigenvalue weighted by molar-refractivity contribution is 0.281. The third-order valence-electron chi connectivity index (χ3n) is 3.44. The summed E-state index contributed by atoms with van der Waals surface area (Å²) in [5.74, 6) is 3.04. The number of furan rings is 2. The van der Waals surface area contributed by atoms with Crippen LogP contribution in [0.1, 0.15) is 35.3 Å². The molecule has 0 radical (unpaired) electrons. The summed E-state index contributed by atoms with van der Waals surface area (Å²) in [6.45, 7) is 9.61. The maximum absolute atomic E-state index is 5.91. The Labute approximate surface area is 120 Å². The van der Waals surface area contributed by atoms with Gasteiger partial charge >= 0.3 is 0 Å². The average Bonchev–Trinajstić information content (AvgIpc) is 2.94. The second-order valence-corrected chi connectivity index (χ2v) is 5.27. The monoisotopic (exact) mass is 276 g/mol. The SMILES string of the molecule is CCNCc1oc(CN(C)Cc2ccoc2C)cc1C. The summed E-state index contributed by atoms with van der Waals surface area (Å²) in [6.07, 6.45) is 1.74. The third kappa shape index (κ3) is 3.74. The Morgan fingerprint density at radius 2 is 2.05 bits per heavy atom. The molecule has 0 unspecified atom stereocenters. The Hall–Kier alpha value is -1.52. The molecule has 2 aromatic rings. The molecule has 0 bridgehead atoms. The highest BCUT2D eigenvalue weighted by atomic mass is 16.3. The highest BCUT2D eigenvalue weighted by Crippen LogP contribution is 2.18. The van der Waals surface area contributed by atoms with E-state index in [0.29, 0.717) is 0 Å². The van der Waals surface area contributed by atoms with Crippen molar-refractivity contribution in [1.29, 1.82) is 0 Å². The van der Waals surface area contributed by atoms with Crippen molar-refractivity contribution >= 4 is 0 Å². The zero-order valence-corrected chi connectivity index (χ0v) is 12.8. The predicted molar refractivity (Wildman–Crippen MR) is 79.4 cm³/mol. The van der Waals surface area contributed by atoms with Crippen molar-refractivity contribution in [3.8, 4) is 0 Å². The first kappa shape index (κ1) is 14.9. The van der Waals surface area contributed by atoms with Crippen molar-refractivity contribution < 1.29 is 8.83 Å². The van der Waals surface area contributed by atoms with Gasteiger partial charge in [0.15, 0.2) is 0 Å². The zero-order chi connectivity index (χ0) is 14.5. The molecule has 20 heavy (non-hydrogen) atoms. The Balaban J connectivity index is 1.94. The molecule has 0 atom stereocenters. The van der Waals surface area contributed by atoms with E-state index in [1.807, 2.05) is 13.0 Å². The summed E-state index contributed by atoms with van der Waals surface area (Å²) in [4.78, 5) is 2.23. The summed E-state index contributed by atoms with van der Waals surface area (Å²) < 4.78 is 11.2. The molecule has 1 N–H and O–H groups in total. The van der Waals surface area contributed by atoms with E-state index in [-0.39, 0.29) is 0 Å². The second-order valence-electron chi connectivity index (χ2n) is 5.27. The first-order valence-electron chi connectivity index (χ1n) is 7.10. The molecule has 0 fully saturated rings. The maximum Gasteiger partial charge on any atom is 0.120 e. The lowest BCUT2D eigenvalue weighted by Crippen LogP contribution is -2.17. The molecule has 0 aromatic carbocycles. The fourth-order valence-electron chi connectivity index (χ4n) is 2.27. The van der Waals surface area contributed by atoms with Gasteiger partial charge < -0.3 is 14.2 Å². The lowest BCUT2D eigenvalue weighted by atomic mass is 10.2. The first-order valence-corrected chi connectivity index (χ1v) is 7.10.